The van der Waals surface area contributed by atoms with Crippen LogP contribution in [0.2, 0.25) is 5.02 Å². The van der Waals surface area contributed by atoms with Crippen molar-refractivity contribution in [1.82, 2.24) is 14.9 Å². The summed E-state index contributed by atoms with van der Waals surface area (Å²) in [5.41, 5.74) is 2.85. The number of anilines is 1. The normalized spacial score (nSPS) is 20.5. The van der Waals surface area contributed by atoms with Crippen LogP contribution < -0.4 is 4.90 Å². The van der Waals surface area contributed by atoms with Gasteiger partial charge in [0.05, 0.1) is 5.39 Å². The Morgan fingerprint density at radius 3 is 2.68 bits per heavy atom. The average Bonchev–Trinajstić information content (AvgIpc) is 3.08. The summed E-state index contributed by atoms with van der Waals surface area (Å²) in [5, 5.41) is 2.13. The Kier molecular flexibility index (Phi) is 4.99. The summed E-state index contributed by atoms with van der Waals surface area (Å²) in [6.45, 7) is 7.48. The van der Waals surface area contributed by atoms with Crippen LogP contribution in [0.5, 0.6) is 0 Å². The molecule has 1 aliphatic heterocycles. The molecule has 4 nitrogen and oxygen atoms in total. The Morgan fingerprint density at radius 2 is 1.89 bits per heavy atom. The molecular formula is C22H25ClN4S. The largest absolute Gasteiger partial charge is 0.353 e. The number of aromatic nitrogens is 2. The third kappa shape index (κ3) is 3.51. The molecule has 3 heterocycles. The standard InChI is InChI=1S/C22H25ClN4S/c1-15-2-7-19-18(12-15)20-21(24-14-25-22(20)28-19)27-10-8-26(9-11-27)13-16-3-5-17(23)6-4-16/h3-6,14-15H,2,7-13H2,1H3/t15-/m1/s1. The van der Waals surface area contributed by atoms with Crippen LogP contribution in [0.4, 0.5) is 5.82 Å². The fraction of sp³-hybridized carbons (Fsp3) is 0.455. The van der Waals surface area contributed by atoms with E-state index in [1.54, 1.807) is 6.33 Å². The van der Waals surface area contributed by atoms with Gasteiger partial charge in [0.2, 0.25) is 0 Å². The van der Waals surface area contributed by atoms with Crippen molar-refractivity contribution < 1.29 is 0 Å². The molecule has 0 unspecified atom stereocenters. The Bertz CT molecular complexity index is 976. The van der Waals surface area contributed by atoms with E-state index in [1.165, 1.54) is 45.5 Å². The fourth-order valence-corrected chi connectivity index (χ4v) is 5.78. The second-order valence-electron chi connectivity index (χ2n) is 8.12. The van der Waals surface area contributed by atoms with Crippen LogP contribution in [0.15, 0.2) is 30.6 Å². The summed E-state index contributed by atoms with van der Waals surface area (Å²) in [4.78, 5) is 17.0. The van der Waals surface area contributed by atoms with E-state index in [0.29, 0.717) is 0 Å². The molecule has 0 bridgehead atoms. The molecule has 0 amide bonds. The second-order valence-corrected chi connectivity index (χ2v) is 9.64. The highest BCUT2D eigenvalue weighted by Gasteiger charge is 2.26. The minimum Gasteiger partial charge on any atom is -0.353 e. The number of nitrogens with zero attached hydrogens (tertiary/aromatic N) is 4. The lowest BCUT2D eigenvalue weighted by Gasteiger charge is -2.36. The van der Waals surface area contributed by atoms with Gasteiger partial charge in [0.1, 0.15) is 17.0 Å². The van der Waals surface area contributed by atoms with Crippen LogP contribution in [0.1, 0.15) is 29.3 Å². The van der Waals surface area contributed by atoms with Crippen LogP contribution in [0.25, 0.3) is 10.2 Å². The molecule has 5 rings (SSSR count). The molecule has 2 aromatic heterocycles. The molecule has 146 valence electrons. The molecule has 1 aromatic carbocycles. The minimum atomic E-state index is 0.759. The molecule has 3 aromatic rings. The lowest BCUT2D eigenvalue weighted by molar-refractivity contribution is 0.249. The molecule has 2 aliphatic rings. The van der Waals surface area contributed by atoms with Crippen molar-refractivity contribution in [3.8, 4) is 0 Å². The predicted molar refractivity (Wildman–Crippen MR) is 118 cm³/mol. The van der Waals surface area contributed by atoms with Gasteiger partial charge in [0.15, 0.2) is 0 Å². The Morgan fingerprint density at radius 1 is 1.11 bits per heavy atom. The van der Waals surface area contributed by atoms with E-state index in [4.69, 9.17) is 16.6 Å². The molecule has 1 fully saturated rings. The van der Waals surface area contributed by atoms with Crippen molar-refractivity contribution in [2.24, 2.45) is 5.92 Å². The highest BCUT2D eigenvalue weighted by Crippen LogP contribution is 2.40. The van der Waals surface area contributed by atoms with Crippen LogP contribution >= 0.6 is 22.9 Å². The number of hydrogen-bond donors (Lipinski definition) is 0. The smallest absolute Gasteiger partial charge is 0.141 e. The summed E-state index contributed by atoms with van der Waals surface area (Å²) in [6.07, 6.45) is 5.42. The van der Waals surface area contributed by atoms with Gasteiger partial charge < -0.3 is 4.90 Å². The molecular weight excluding hydrogens is 388 g/mol. The number of halogens is 1. The number of hydrogen-bond acceptors (Lipinski definition) is 5. The quantitative estimate of drug-likeness (QED) is 0.619. The van der Waals surface area contributed by atoms with E-state index in [1.807, 2.05) is 23.5 Å². The number of piperazine rings is 1. The number of rotatable bonds is 3. The van der Waals surface area contributed by atoms with Gasteiger partial charge in [-0.15, -0.1) is 11.3 Å². The third-order valence-corrected chi connectivity index (χ3v) is 7.51. The third-order valence-electron chi connectivity index (χ3n) is 6.06. The first-order valence-electron chi connectivity index (χ1n) is 10.1. The summed E-state index contributed by atoms with van der Waals surface area (Å²) in [5.74, 6) is 1.91. The van der Waals surface area contributed by atoms with Gasteiger partial charge >= 0.3 is 0 Å². The zero-order valence-corrected chi connectivity index (χ0v) is 17.8. The average molecular weight is 413 g/mol. The molecule has 1 aliphatic carbocycles. The SMILES string of the molecule is C[C@@H]1CCc2sc3ncnc(N4CCN(Cc5ccc(Cl)cc5)CC4)c3c2C1. The van der Waals surface area contributed by atoms with Crippen molar-refractivity contribution in [2.45, 2.75) is 32.7 Å². The zero-order chi connectivity index (χ0) is 19.1. The molecule has 0 N–H and O–H groups in total. The molecule has 28 heavy (non-hydrogen) atoms. The van der Waals surface area contributed by atoms with Gasteiger partial charge in [0.25, 0.3) is 0 Å². The Labute approximate surface area is 175 Å². The van der Waals surface area contributed by atoms with Gasteiger partial charge in [0, 0.05) is 42.6 Å². The number of fused-ring (bicyclic) bond motifs is 3. The molecule has 1 saturated heterocycles. The van der Waals surface area contributed by atoms with Gasteiger partial charge in [-0.3, -0.25) is 4.90 Å². The maximum atomic E-state index is 6.01. The monoisotopic (exact) mass is 412 g/mol. The number of aryl methyl sites for hydroxylation is 1. The topological polar surface area (TPSA) is 32.3 Å². The maximum absolute atomic E-state index is 6.01. The van der Waals surface area contributed by atoms with Crippen LogP contribution in [-0.2, 0) is 19.4 Å². The van der Waals surface area contributed by atoms with Crippen molar-refractivity contribution in [1.29, 1.82) is 0 Å². The molecule has 0 saturated carbocycles. The van der Waals surface area contributed by atoms with Crippen molar-refractivity contribution in [3.63, 3.8) is 0 Å². The van der Waals surface area contributed by atoms with E-state index in [2.05, 4.69) is 33.8 Å². The van der Waals surface area contributed by atoms with E-state index in [9.17, 15) is 0 Å². The first-order chi connectivity index (χ1) is 13.7. The molecule has 0 radical (unpaired) electrons. The lowest BCUT2D eigenvalue weighted by atomic mass is 9.88. The summed E-state index contributed by atoms with van der Waals surface area (Å²) in [6, 6.07) is 8.21. The number of benzene rings is 1. The first-order valence-corrected chi connectivity index (χ1v) is 11.3. The summed E-state index contributed by atoms with van der Waals surface area (Å²) in [7, 11) is 0. The van der Waals surface area contributed by atoms with E-state index >= 15 is 0 Å². The van der Waals surface area contributed by atoms with E-state index in [-0.39, 0.29) is 0 Å². The fourth-order valence-electron chi connectivity index (χ4n) is 4.47. The van der Waals surface area contributed by atoms with Crippen LogP contribution in [0.3, 0.4) is 0 Å². The van der Waals surface area contributed by atoms with Crippen molar-refractivity contribution in [3.05, 3.63) is 51.6 Å². The van der Waals surface area contributed by atoms with Gasteiger partial charge in [-0.2, -0.15) is 0 Å². The van der Waals surface area contributed by atoms with Crippen LogP contribution in [-0.4, -0.2) is 41.0 Å². The predicted octanol–water partition coefficient (Wildman–Crippen LogP) is 4.79. The lowest BCUT2D eigenvalue weighted by Crippen LogP contribution is -2.46. The minimum absolute atomic E-state index is 0.759. The van der Waals surface area contributed by atoms with Crippen molar-refractivity contribution in [2.75, 3.05) is 31.1 Å². The van der Waals surface area contributed by atoms with Crippen LogP contribution in [0, 0.1) is 5.92 Å². The second kappa shape index (κ2) is 7.62. The summed E-state index contributed by atoms with van der Waals surface area (Å²) < 4.78 is 0. The maximum Gasteiger partial charge on any atom is 0.141 e. The first kappa shape index (κ1) is 18.3. The van der Waals surface area contributed by atoms with E-state index < -0.39 is 0 Å². The molecule has 6 heteroatoms. The Balaban J connectivity index is 1.34. The Hall–Kier alpha value is -1.69. The van der Waals surface area contributed by atoms with Gasteiger partial charge in [-0.25, -0.2) is 9.97 Å². The van der Waals surface area contributed by atoms with Crippen molar-refractivity contribution >= 4 is 39.0 Å². The van der Waals surface area contributed by atoms with Gasteiger partial charge in [-0.1, -0.05) is 30.7 Å². The van der Waals surface area contributed by atoms with Gasteiger partial charge in [-0.05, 0) is 48.4 Å². The number of thiophene rings is 1. The van der Waals surface area contributed by atoms with E-state index in [0.717, 1.165) is 49.5 Å². The molecule has 0 spiro atoms. The highest BCUT2D eigenvalue weighted by atomic mass is 35.5. The summed E-state index contributed by atoms with van der Waals surface area (Å²) >= 11 is 7.89. The highest BCUT2D eigenvalue weighted by molar-refractivity contribution is 7.19. The molecule has 1 atom stereocenters. The zero-order valence-electron chi connectivity index (χ0n) is 16.2.